The van der Waals surface area contributed by atoms with E-state index in [0.29, 0.717) is 6.04 Å². The lowest BCUT2D eigenvalue weighted by Crippen LogP contribution is -2.61. The molecule has 2 nitrogen and oxygen atoms in total. The maximum atomic E-state index is 3.63. The summed E-state index contributed by atoms with van der Waals surface area (Å²) in [4.78, 5) is 2.67. The van der Waals surface area contributed by atoms with E-state index in [-0.39, 0.29) is 5.54 Å². The van der Waals surface area contributed by atoms with E-state index >= 15 is 0 Å². The molecule has 1 aliphatic rings. The molecule has 0 aromatic heterocycles. The van der Waals surface area contributed by atoms with Gasteiger partial charge in [-0.25, -0.2) is 0 Å². The van der Waals surface area contributed by atoms with Crippen molar-refractivity contribution in [1.29, 1.82) is 0 Å². The van der Waals surface area contributed by atoms with Crippen molar-refractivity contribution in [3.63, 3.8) is 0 Å². The Hall–Kier alpha value is -0.860. The Morgan fingerprint density at radius 2 is 1.95 bits per heavy atom. The highest BCUT2D eigenvalue weighted by Gasteiger charge is 2.35. The largest absolute Gasteiger partial charge is 0.311 e. The molecule has 1 fully saturated rings. The fourth-order valence-corrected chi connectivity index (χ4v) is 3.01. The third kappa shape index (κ3) is 3.01. The quantitative estimate of drug-likeness (QED) is 0.897. The van der Waals surface area contributed by atoms with E-state index in [4.69, 9.17) is 0 Å². The molecule has 1 heterocycles. The number of nitrogens with one attached hydrogen (secondary N) is 1. The zero-order chi connectivity index (χ0) is 14.0. The average molecular weight is 260 g/mol. The SMILES string of the molecule is CCC1(C)CNC(C)CN1Cc1c(C)cccc1C. The minimum Gasteiger partial charge on any atom is -0.311 e. The van der Waals surface area contributed by atoms with E-state index in [9.17, 15) is 0 Å². The van der Waals surface area contributed by atoms with Crippen LogP contribution in [0.1, 0.15) is 43.9 Å². The van der Waals surface area contributed by atoms with Gasteiger partial charge >= 0.3 is 0 Å². The highest BCUT2D eigenvalue weighted by Crippen LogP contribution is 2.27. The zero-order valence-electron chi connectivity index (χ0n) is 13.1. The molecule has 2 heteroatoms. The van der Waals surface area contributed by atoms with Gasteiger partial charge in [0.05, 0.1) is 0 Å². The predicted octanol–water partition coefficient (Wildman–Crippen LogP) is 3.27. The van der Waals surface area contributed by atoms with Gasteiger partial charge in [0.1, 0.15) is 0 Å². The Labute approximate surface area is 118 Å². The smallest absolute Gasteiger partial charge is 0.0307 e. The molecule has 19 heavy (non-hydrogen) atoms. The molecule has 106 valence electrons. The third-order valence-corrected chi connectivity index (χ3v) is 4.84. The van der Waals surface area contributed by atoms with Crippen LogP contribution in [0.4, 0.5) is 0 Å². The molecule has 1 N–H and O–H groups in total. The molecule has 0 aliphatic carbocycles. The topological polar surface area (TPSA) is 15.3 Å². The molecule has 0 saturated carbocycles. The van der Waals surface area contributed by atoms with E-state index in [2.05, 4.69) is 63.0 Å². The number of piperazine rings is 1. The van der Waals surface area contributed by atoms with Crippen LogP contribution in [0.5, 0.6) is 0 Å². The predicted molar refractivity (Wildman–Crippen MR) is 82.5 cm³/mol. The molecule has 1 aromatic rings. The molecule has 1 saturated heterocycles. The van der Waals surface area contributed by atoms with Crippen LogP contribution in [0.3, 0.4) is 0 Å². The first kappa shape index (κ1) is 14.5. The summed E-state index contributed by atoms with van der Waals surface area (Å²) >= 11 is 0. The van der Waals surface area contributed by atoms with E-state index in [1.54, 1.807) is 0 Å². The van der Waals surface area contributed by atoms with Gasteiger partial charge in [0.15, 0.2) is 0 Å². The fourth-order valence-electron chi connectivity index (χ4n) is 3.01. The van der Waals surface area contributed by atoms with Gasteiger partial charge in [0.25, 0.3) is 0 Å². The lowest BCUT2D eigenvalue weighted by molar-refractivity contribution is 0.0450. The summed E-state index contributed by atoms with van der Waals surface area (Å²) < 4.78 is 0. The summed E-state index contributed by atoms with van der Waals surface area (Å²) in [6, 6.07) is 7.21. The number of benzene rings is 1. The van der Waals surface area contributed by atoms with Crippen LogP contribution in [0.25, 0.3) is 0 Å². The van der Waals surface area contributed by atoms with Gasteiger partial charge in [0.2, 0.25) is 0 Å². The summed E-state index contributed by atoms with van der Waals surface area (Å²) in [5.41, 5.74) is 4.63. The molecule has 2 atom stereocenters. The van der Waals surface area contributed by atoms with Crippen molar-refractivity contribution in [3.8, 4) is 0 Å². The number of hydrogen-bond acceptors (Lipinski definition) is 2. The molecule has 1 aromatic carbocycles. The molecule has 2 unspecified atom stereocenters. The molecule has 1 aliphatic heterocycles. The summed E-state index contributed by atoms with van der Waals surface area (Å²) in [7, 11) is 0. The maximum absolute atomic E-state index is 3.63. The van der Waals surface area contributed by atoms with E-state index in [1.165, 1.54) is 23.1 Å². The van der Waals surface area contributed by atoms with Gasteiger partial charge in [-0.1, -0.05) is 25.1 Å². The van der Waals surface area contributed by atoms with Crippen LogP contribution in [0, 0.1) is 13.8 Å². The maximum Gasteiger partial charge on any atom is 0.0307 e. The van der Waals surface area contributed by atoms with E-state index in [0.717, 1.165) is 19.6 Å². The van der Waals surface area contributed by atoms with Crippen LogP contribution >= 0.6 is 0 Å². The number of aryl methyl sites for hydroxylation is 2. The lowest BCUT2D eigenvalue weighted by Gasteiger charge is -2.47. The second-order valence-corrected chi connectivity index (χ2v) is 6.38. The number of rotatable bonds is 3. The number of hydrogen-bond donors (Lipinski definition) is 1. The summed E-state index contributed by atoms with van der Waals surface area (Å²) in [5.74, 6) is 0. The fraction of sp³-hybridized carbons (Fsp3) is 0.647. The van der Waals surface area contributed by atoms with Gasteiger partial charge in [0, 0.05) is 31.2 Å². The third-order valence-electron chi connectivity index (χ3n) is 4.84. The van der Waals surface area contributed by atoms with Gasteiger partial charge in [-0.05, 0) is 50.8 Å². The number of nitrogens with zero attached hydrogens (tertiary/aromatic N) is 1. The Morgan fingerprint density at radius 3 is 2.53 bits per heavy atom. The van der Waals surface area contributed by atoms with Crippen molar-refractivity contribution >= 4 is 0 Å². The van der Waals surface area contributed by atoms with Crippen LogP contribution in [-0.2, 0) is 6.54 Å². The molecule has 0 spiro atoms. The minimum absolute atomic E-state index is 0.279. The zero-order valence-corrected chi connectivity index (χ0v) is 13.1. The van der Waals surface area contributed by atoms with Crippen molar-refractivity contribution < 1.29 is 0 Å². The first-order chi connectivity index (χ1) is 8.96. The van der Waals surface area contributed by atoms with Crippen LogP contribution in [-0.4, -0.2) is 29.6 Å². The van der Waals surface area contributed by atoms with Crippen LogP contribution < -0.4 is 5.32 Å². The Morgan fingerprint density at radius 1 is 1.32 bits per heavy atom. The summed E-state index contributed by atoms with van der Waals surface area (Å²) in [5, 5.41) is 3.63. The Bertz CT molecular complexity index is 421. The van der Waals surface area contributed by atoms with E-state index in [1.807, 2.05) is 0 Å². The highest BCUT2D eigenvalue weighted by molar-refractivity contribution is 5.33. The second kappa shape index (κ2) is 5.64. The van der Waals surface area contributed by atoms with Crippen molar-refractivity contribution in [3.05, 3.63) is 34.9 Å². The Balaban J connectivity index is 2.24. The van der Waals surface area contributed by atoms with Crippen molar-refractivity contribution in [2.24, 2.45) is 0 Å². The van der Waals surface area contributed by atoms with Crippen molar-refractivity contribution in [1.82, 2.24) is 10.2 Å². The summed E-state index contributed by atoms with van der Waals surface area (Å²) in [6.45, 7) is 14.7. The molecular formula is C17H28N2. The average Bonchev–Trinajstić information content (AvgIpc) is 2.38. The normalized spacial score (nSPS) is 28.6. The van der Waals surface area contributed by atoms with Crippen LogP contribution in [0.15, 0.2) is 18.2 Å². The lowest BCUT2D eigenvalue weighted by atomic mass is 9.90. The standard InChI is InChI=1S/C17H28N2/c1-6-17(5)12-18-15(4)10-19(17)11-16-13(2)8-7-9-14(16)3/h7-9,15,18H,6,10-12H2,1-5H3. The Kier molecular flexibility index (Phi) is 4.32. The van der Waals surface area contributed by atoms with Gasteiger partial charge in [-0.2, -0.15) is 0 Å². The van der Waals surface area contributed by atoms with E-state index < -0.39 is 0 Å². The molecule has 2 rings (SSSR count). The molecule has 0 amide bonds. The first-order valence-electron chi connectivity index (χ1n) is 7.50. The van der Waals surface area contributed by atoms with Gasteiger partial charge < -0.3 is 5.32 Å². The second-order valence-electron chi connectivity index (χ2n) is 6.38. The summed E-state index contributed by atoms with van der Waals surface area (Å²) in [6.07, 6.45) is 1.19. The first-order valence-corrected chi connectivity index (χ1v) is 7.50. The van der Waals surface area contributed by atoms with Gasteiger partial charge in [-0.15, -0.1) is 0 Å². The van der Waals surface area contributed by atoms with Crippen molar-refractivity contribution in [2.75, 3.05) is 13.1 Å². The van der Waals surface area contributed by atoms with Crippen LogP contribution in [0.2, 0.25) is 0 Å². The molecule has 0 radical (unpaired) electrons. The van der Waals surface area contributed by atoms with Crippen molar-refractivity contribution in [2.45, 2.75) is 59.2 Å². The highest BCUT2D eigenvalue weighted by atomic mass is 15.3. The monoisotopic (exact) mass is 260 g/mol. The minimum atomic E-state index is 0.279. The van der Waals surface area contributed by atoms with Gasteiger partial charge in [-0.3, -0.25) is 4.90 Å². The molecule has 0 bridgehead atoms. The molecular weight excluding hydrogens is 232 g/mol.